The standard InChI is InChI=1S/C22H27N3O5/c1-3-23-22(28)24-17-10-8-15(9-11-17)21(27)18-13-30-14-20(26)25(18)12-16-6-4-5-7-19(16)29-2/h4-11,18,21,27H,3,12-14H2,1-2H3,(H2,23,24,28)/t18-,21-/m1/s1. The van der Waals surface area contributed by atoms with Gasteiger partial charge in [-0.1, -0.05) is 30.3 Å². The smallest absolute Gasteiger partial charge is 0.319 e. The maximum Gasteiger partial charge on any atom is 0.319 e. The average Bonchev–Trinajstić information content (AvgIpc) is 2.75. The minimum atomic E-state index is -0.942. The lowest BCUT2D eigenvalue weighted by Crippen LogP contribution is -2.51. The quantitative estimate of drug-likeness (QED) is 0.647. The molecule has 0 spiro atoms. The van der Waals surface area contributed by atoms with E-state index in [0.717, 1.165) is 5.56 Å². The van der Waals surface area contributed by atoms with E-state index in [1.165, 1.54) is 0 Å². The van der Waals surface area contributed by atoms with Crippen molar-refractivity contribution in [1.82, 2.24) is 10.2 Å². The number of aliphatic hydroxyl groups is 1. The fourth-order valence-corrected chi connectivity index (χ4v) is 3.43. The minimum Gasteiger partial charge on any atom is -0.496 e. The van der Waals surface area contributed by atoms with Crippen molar-refractivity contribution >= 4 is 17.6 Å². The van der Waals surface area contributed by atoms with Gasteiger partial charge < -0.3 is 30.1 Å². The lowest BCUT2D eigenvalue weighted by atomic mass is 9.99. The number of methoxy groups -OCH3 is 1. The number of urea groups is 1. The molecular formula is C22H27N3O5. The second kappa shape index (κ2) is 10.1. The van der Waals surface area contributed by atoms with Crippen molar-refractivity contribution in [3.63, 3.8) is 0 Å². The van der Waals surface area contributed by atoms with E-state index in [2.05, 4.69) is 10.6 Å². The molecule has 1 saturated heterocycles. The SMILES string of the molecule is CCNC(=O)Nc1ccc([C@@H](O)[C@H]2COCC(=O)N2Cc2ccccc2OC)cc1. The molecule has 3 amide bonds. The molecule has 2 aromatic rings. The molecule has 0 unspecified atom stereocenters. The molecule has 0 saturated carbocycles. The zero-order valence-electron chi connectivity index (χ0n) is 17.1. The van der Waals surface area contributed by atoms with E-state index < -0.39 is 12.1 Å². The number of para-hydroxylation sites is 1. The van der Waals surface area contributed by atoms with Crippen molar-refractivity contribution in [3.05, 3.63) is 59.7 Å². The summed E-state index contributed by atoms with van der Waals surface area (Å²) in [6, 6.07) is 13.5. The van der Waals surface area contributed by atoms with Gasteiger partial charge in [0, 0.05) is 24.3 Å². The summed E-state index contributed by atoms with van der Waals surface area (Å²) in [6.07, 6.45) is -0.942. The molecule has 1 aliphatic heterocycles. The highest BCUT2D eigenvalue weighted by atomic mass is 16.5. The molecule has 1 fully saturated rings. The number of ether oxygens (including phenoxy) is 2. The Balaban J connectivity index is 1.76. The van der Waals surface area contributed by atoms with Gasteiger partial charge in [-0.15, -0.1) is 0 Å². The van der Waals surface area contributed by atoms with Crippen molar-refractivity contribution in [2.75, 3.05) is 32.2 Å². The van der Waals surface area contributed by atoms with Crippen LogP contribution in [0.2, 0.25) is 0 Å². The second-order valence-electron chi connectivity index (χ2n) is 6.97. The first-order valence-corrected chi connectivity index (χ1v) is 9.85. The van der Waals surface area contributed by atoms with Gasteiger partial charge in [0.25, 0.3) is 0 Å². The number of carbonyl (C=O) groups excluding carboxylic acids is 2. The Kier molecular flexibility index (Phi) is 7.26. The molecule has 30 heavy (non-hydrogen) atoms. The normalized spacial score (nSPS) is 17.4. The van der Waals surface area contributed by atoms with Gasteiger partial charge >= 0.3 is 6.03 Å². The highest BCUT2D eigenvalue weighted by Gasteiger charge is 2.35. The Labute approximate surface area is 175 Å². The maximum atomic E-state index is 12.6. The third-order valence-electron chi connectivity index (χ3n) is 4.98. The summed E-state index contributed by atoms with van der Waals surface area (Å²) in [5, 5.41) is 16.4. The first kappa shape index (κ1) is 21.6. The van der Waals surface area contributed by atoms with Crippen molar-refractivity contribution in [1.29, 1.82) is 0 Å². The van der Waals surface area contributed by atoms with Crippen LogP contribution in [-0.4, -0.2) is 54.9 Å². The number of hydrogen-bond acceptors (Lipinski definition) is 5. The summed E-state index contributed by atoms with van der Waals surface area (Å²) < 4.78 is 10.8. The van der Waals surface area contributed by atoms with Gasteiger partial charge in [0.2, 0.25) is 5.91 Å². The number of anilines is 1. The number of nitrogens with one attached hydrogen (secondary N) is 2. The van der Waals surface area contributed by atoms with Crippen molar-refractivity contribution in [2.45, 2.75) is 25.6 Å². The molecule has 0 aromatic heterocycles. The largest absolute Gasteiger partial charge is 0.496 e. The van der Waals surface area contributed by atoms with Crippen molar-refractivity contribution in [3.8, 4) is 5.75 Å². The molecule has 1 aliphatic rings. The molecule has 8 nitrogen and oxygen atoms in total. The molecule has 2 aromatic carbocycles. The number of nitrogens with zero attached hydrogens (tertiary/aromatic N) is 1. The molecule has 0 aliphatic carbocycles. The van der Waals surface area contributed by atoms with E-state index >= 15 is 0 Å². The zero-order chi connectivity index (χ0) is 21.5. The summed E-state index contributed by atoms with van der Waals surface area (Å²) >= 11 is 0. The molecule has 1 heterocycles. The lowest BCUT2D eigenvalue weighted by molar-refractivity contribution is -0.155. The monoisotopic (exact) mass is 413 g/mol. The highest BCUT2D eigenvalue weighted by molar-refractivity contribution is 5.89. The van der Waals surface area contributed by atoms with Crippen LogP contribution in [0.25, 0.3) is 0 Å². The summed E-state index contributed by atoms with van der Waals surface area (Å²) in [6.45, 7) is 2.88. The number of hydrogen-bond donors (Lipinski definition) is 3. The van der Waals surface area contributed by atoms with Crippen LogP contribution in [-0.2, 0) is 16.1 Å². The van der Waals surface area contributed by atoms with Crippen LogP contribution >= 0.6 is 0 Å². The second-order valence-corrected chi connectivity index (χ2v) is 6.97. The third-order valence-corrected chi connectivity index (χ3v) is 4.98. The summed E-state index contributed by atoms with van der Waals surface area (Å²) in [5.41, 5.74) is 2.09. The number of morpholine rings is 1. The number of aliphatic hydroxyl groups excluding tert-OH is 1. The fraction of sp³-hybridized carbons (Fsp3) is 0.364. The predicted molar refractivity (Wildman–Crippen MR) is 112 cm³/mol. The molecule has 8 heteroatoms. The topological polar surface area (TPSA) is 100 Å². The maximum absolute atomic E-state index is 12.6. The van der Waals surface area contributed by atoms with Gasteiger partial charge in [-0.25, -0.2) is 4.79 Å². The first-order valence-electron chi connectivity index (χ1n) is 9.85. The number of amides is 3. The van der Waals surface area contributed by atoms with Crippen LogP contribution in [0, 0.1) is 0 Å². The van der Waals surface area contributed by atoms with Crippen molar-refractivity contribution < 1.29 is 24.2 Å². The van der Waals surface area contributed by atoms with E-state index in [0.29, 0.717) is 30.1 Å². The Morgan fingerprint density at radius 2 is 2.00 bits per heavy atom. The Hall–Kier alpha value is -3.10. The minimum absolute atomic E-state index is 0.0201. The van der Waals surface area contributed by atoms with Gasteiger partial charge in [0.1, 0.15) is 18.5 Å². The molecule has 0 bridgehead atoms. The van der Waals surface area contributed by atoms with Crippen LogP contribution in [0.3, 0.4) is 0 Å². The van der Waals surface area contributed by atoms with Gasteiger partial charge in [-0.05, 0) is 30.7 Å². The van der Waals surface area contributed by atoms with Gasteiger partial charge in [0.05, 0.1) is 19.8 Å². The number of benzene rings is 2. The summed E-state index contributed by atoms with van der Waals surface area (Å²) in [5.74, 6) is 0.497. The van der Waals surface area contributed by atoms with Gasteiger partial charge in [0.15, 0.2) is 0 Å². The van der Waals surface area contributed by atoms with Gasteiger partial charge in [-0.3, -0.25) is 4.79 Å². The first-order chi connectivity index (χ1) is 14.5. The molecule has 3 rings (SSSR count). The fourth-order valence-electron chi connectivity index (χ4n) is 3.43. The molecular weight excluding hydrogens is 386 g/mol. The van der Waals surface area contributed by atoms with Crippen LogP contribution < -0.4 is 15.4 Å². The van der Waals surface area contributed by atoms with Gasteiger partial charge in [-0.2, -0.15) is 0 Å². The van der Waals surface area contributed by atoms with E-state index in [-0.39, 0.29) is 25.2 Å². The highest BCUT2D eigenvalue weighted by Crippen LogP contribution is 2.28. The molecule has 0 radical (unpaired) electrons. The third kappa shape index (κ3) is 5.08. The Morgan fingerprint density at radius 1 is 1.27 bits per heavy atom. The van der Waals surface area contributed by atoms with Crippen LogP contribution in [0.5, 0.6) is 5.75 Å². The van der Waals surface area contributed by atoms with Crippen LogP contribution in [0.1, 0.15) is 24.2 Å². The summed E-state index contributed by atoms with van der Waals surface area (Å²) in [4.78, 5) is 25.8. The number of rotatable bonds is 7. The molecule has 2 atom stereocenters. The zero-order valence-corrected chi connectivity index (χ0v) is 17.1. The number of carbonyl (C=O) groups is 2. The molecule has 160 valence electrons. The van der Waals surface area contributed by atoms with E-state index in [9.17, 15) is 14.7 Å². The summed E-state index contributed by atoms with van der Waals surface area (Å²) in [7, 11) is 1.59. The van der Waals surface area contributed by atoms with Crippen molar-refractivity contribution in [2.24, 2.45) is 0 Å². The molecule has 3 N–H and O–H groups in total. The van der Waals surface area contributed by atoms with Crippen LogP contribution in [0.15, 0.2) is 48.5 Å². The lowest BCUT2D eigenvalue weighted by Gasteiger charge is -2.38. The van der Waals surface area contributed by atoms with E-state index in [1.54, 1.807) is 36.3 Å². The predicted octanol–water partition coefficient (Wildman–Crippen LogP) is 2.30. The van der Waals surface area contributed by atoms with Crippen LogP contribution in [0.4, 0.5) is 10.5 Å². The van der Waals surface area contributed by atoms with E-state index in [1.807, 2.05) is 31.2 Å². The average molecular weight is 413 g/mol. The Morgan fingerprint density at radius 3 is 2.70 bits per heavy atom. The Bertz CT molecular complexity index is 871. The van der Waals surface area contributed by atoms with E-state index in [4.69, 9.17) is 9.47 Å².